The van der Waals surface area contributed by atoms with Crippen molar-refractivity contribution in [2.24, 2.45) is 0 Å². The first-order valence-corrected chi connectivity index (χ1v) is 3.60. The summed E-state index contributed by atoms with van der Waals surface area (Å²) in [5.41, 5.74) is 0.960. The second-order valence-electron chi connectivity index (χ2n) is 2.43. The van der Waals surface area contributed by atoms with Crippen molar-refractivity contribution in [3.8, 4) is 11.6 Å². The number of para-hydroxylation sites is 1. The molecule has 0 spiro atoms. The summed E-state index contributed by atoms with van der Waals surface area (Å²) >= 11 is 0. The highest BCUT2D eigenvalue weighted by Crippen LogP contribution is 2.05. The van der Waals surface area contributed by atoms with E-state index in [9.17, 15) is 0 Å². The van der Waals surface area contributed by atoms with Gasteiger partial charge < -0.3 is 9.52 Å². The SMILES string of the molecule is Oc1c[n+](-c2ccccc2)co1. The predicted molar refractivity (Wildman–Crippen MR) is 41.9 cm³/mol. The van der Waals surface area contributed by atoms with Crippen molar-refractivity contribution in [3.05, 3.63) is 42.9 Å². The molecule has 3 heteroatoms. The lowest BCUT2D eigenvalue weighted by Crippen LogP contribution is -2.26. The molecule has 0 amide bonds. The average Bonchev–Trinajstić information content (AvgIpc) is 2.54. The van der Waals surface area contributed by atoms with Crippen LogP contribution in [-0.2, 0) is 0 Å². The van der Waals surface area contributed by atoms with Crippen LogP contribution in [-0.4, -0.2) is 5.11 Å². The molecular weight excluding hydrogens is 154 g/mol. The van der Waals surface area contributed by atoms with Crippen molar-refractivity contribution in [1.29, 1.82) is 0 Å². The van der Waals surface area contributed by atoms with E-state index in [0.29, 0.717) is 0 Å². The Kier molecular flexibility index (Phi) is 1.55. The van der Waals surface area contributed by atoms with Gasteiger partial charge in [-0.05, 0) is 0 Å². The van der Waals surface area contributed by atoms with E-state index in [1.165, 1.54) is 12.6 Å². The third-order valence-corrected chi connectivity index (χ3v) is 1.59. The molecule has 1 N–H and O–H groups in total. The van der Waals surface area contributed by atoms with Gasteiger partial charge >= 0.3 is 12.3 Å². The molecule has 1 aromatic carbocycles. The Morgan fingerprint density at radius 2 is 1.92 bits per heavy atom. The molecule has 0 saturated heterocycles. The number of rotatable bonds is 1. The van der Waals surface area contributed by atoms with Crippen LogP contribution in [0.4, 0.5) is 0 Å². The van der Waals surface area contributed by atoms with Crippen LogP contribution >= 0.6 is 0 Å². The molecule has 0 bridgehead atoms. The van der Waals surface area contributed by atoms with Crippen LogP contribution in [0.3, 0.4) is 0 Å². The summed E-state index contributed by atoms with van der Waals surface area (Å²) in [6, 6.07) is 9.63. The molecule has 0 saturated carbocycles. The summed E-state index contributed by atoms with van der Waals surface area (Å²) in [6.45, 7) is 0. The highest BCUT2D eigenvalue weighted by Gasteiger charge is 2.08. The van der Waals surface area contributed by atoms with Crippen LogP contribution in [0.15, 0.2) is 47.3 Å². The van der Waals surface area contributed by atoms with Crippen molar-refractivity contribution < 1.29 is 14.1 Å². The quantitative estimate of drug-likeness (QED) is 0.641. The second kappa shape index (κ2) is 2.70. The van der Waals surface area contributed by atoms with Gasteiger partial charge in [0.15, 0.2) is 0 Å². The zero-order valence-electron chi connectivity index (χ0n) is 6.34. The summed E-state index contributed by atoms with van der Waals surface area (Å²) in [5.74, 6) is -0.0844. The van der Waals surface area contributed by atoms with Crippen LogP contribution in [0, 0.1) is 0 Å². The third-order valence-electron chi connectivity index (χ3n) is 1.59. The van der Waals surface area contributed by atoms with Crippen molar-refractivity contribution in [2.45, 2.75) is 0 Å². The average molecular weight is 162 g/mol. The lowest BCUT2D eigenvalue weighted by Gasteiger charge is -1.85. The molecule has 0 aliphatic carbocycles. The first-order chi connectivity index (χ1) is 5.86. The van der Waals surface area contributed by atoms with Crippen molar-refractivity contribution in [1.82, 2.24) is 0 Å². The van der Waals surface area contributed by atoms with E-state index in [4.69, 9.17) is 9.52 Å². The molecule has 0 unspecified atom stereocenters. The predicted octanol–water partition coefficient (Wildman–Crippen LogP) is 1.26. The Labute approximate surface area is 69.5 Å². The van der Waals surface area contributed by atoms with Gasteiger partial charge in [-0.1, -0.05) is 18.2 Å². The minimum Gasteiger partial charge on any atom is -0.476 e. The lowest BCUT2D eigenvalue weighted by atomic mass is 10.3. The van der Waals surface area contributed by atoms with Gasteiger partial charge in [0.25, 0.3) is 6.20 Å². The number of hydrogen-bond acceptors (Lipinski definition) is 2. The summed E-state index contributed by atoms with van der Waals surface area (Å²) in [4.78, 5) is 0. The molecule has 0 aliphatic rings. The minimum atomic E-state index is -0.0844. The number of oxazole rings is 1. The summed E-state index contributed by atoms with van der Waals surface area (Å²) in [5, 5.41) is 8.93. The van der Waals surface area contributed by atoms with Gasteiger partial charge in [-0.15, -0.1) is 4.57 Å². The number of aromatic hydroxyl groups is 1. The Morgan fingerprint density at radius 3 is 2.50 bits per heavy atom. The molecule has 1 heterocycles. The summed E-state index contributed by atoms with van der Waals surface area (Å²) in [7, 11) is 0. The topological polar surface area (TPSA) is 37.2 Å². The molecule has 2 rings (SSSR count). The second-order valence-corrected chi connectivity index (χ2v) is 2.43. The maximum atomic E-state index is 8.93. The van der Waals surface area contributed by atoms with Crippen LogP contribution < -0.4 is 4.57 Å². The maximum absolute atomic E-state index is 8.93. The highest BCUT2D eigenvalue weighted by atomic mass is 16.5. The van der Waals surface area contributed by atoms with Crippen LogP contribution in [0.2, 0.25) is 0 Å². The van der Waals surface area contributed by atoms with Gasteiger partial charge in [0.2, 0.25) is 5.69 Å². The van der Waals surface area contributed by atoms with Crippen LogP contribution in [0.5, 0.6) is 5.95 Å². The third kappa shape index (κ3) is 1.16. The van der Waals surface area contributed by atoms with Crippen molar-refractivity contribution >= 4 is 0 Å². The Bertz CT molecular complexity index is 367. The van der Waals surface area contributed by atoms with Crippen LogP contribution in [0.25, 0.3) is 5.69 Å². The van der Waals surface area contributed by atoms with Gasteiger partial charge in [0, 0.05) is 12.1 Å². The van der Waals surface area contributed by atoms with E-state index in [0.717, 1.165) is 5.69 Å². The number of nitrogens with zero attached hydrogens (tertiary/aromatic N) is 1. The molecule has 0 atom stereocenters. The van der Waals surface area contributed by atoms with Crippen molar-refractivity contribution in [2.75, 3.05) is 0 Å². The fourth-order valence-electron chi connectivity index (χ4n) is 1.03. The molecule has 60 valence electrons. The van der Waals surface area contributed by atoms with Gasteiger partial charge in [-0.2, -0.15) is 0 Å². The van der Waals surface area contributed by atoms with E-state index < -0.39 is 0 Å². The zero-order valence-corrected chi connectivity index (χ0v) is 6.34. The molecule has 2 aromatic rings. The molecule has 0 radical (unpaired) electrons. The fraction of sp³-hybridized carbons (Fsp3) is 0. The molecule has 1 aromatic heterocycles. The zero-order chi connectivity index (χ0) is 8.39. The fourth-order valence-corrected chi connectivity index (χ4v) is 1.03. The monoisotopic (exact) mass is 162 g/mol. The first-order valence-electron chi connectivity index (χ1n) is 3.60. The number of benzene rings is 1. The van der Waals surface area contributed by atoms with Gasteiger partial charge in [-0.25, -0.2) is 0 Å². The van der Waals surface area contributed by atoms with Gasteiger partial charge in [0.1, 0.15) is 0 Å². The number of hydrogen-bond donors (Lipinski definition) is 1. The number of aromatic nitrogens is 1. The maximum Gasteiger partial charge on any atom is 0.354 e. The first kappa shape index (κ1) is 6.91. The molecule has 3 nitrogen and oxygen atoms in total. The highest BCUT2D eigenvalue weighted by molar-refractivity contribution is 5.21. The minimum absolute atomic E-state index is 0.0844. The molecule has 0 aliphatic heterocycles. The summed E-state index contributed by atoms with van der Waals surface area (Å²) in [6.07, 6.45) is 2.96. The Balaban J connectivity index is 2.45. The standard InChI is InChI=1S/C9H7NO2/c11-9-6-10(7-12-9)8-4-2-1-3-5-8/h1-7H/p+1. The van der Waals surface area contributed by atoms with E-state index >= 15 is 0 Å². The van der Waals surface area contributed by atoms with E-state index in [1.54, 1.807) is 4.57 Å². The summed E-state index contributed by atoms with van der Waals surface area (Å²) < 4.78 is 6.44. The lowest BCUT2D eigenvalue weighted by molar-refractivity contribution is -0.599. The molecule has 12 heavy (non-hydrogen) atoms. The van der Waals surface area contributed by atoms with Crippen LogP contribution in [0.1, 0.15) is 0 Å². The molecule has 0 fully saturated rings. The largest absolute Gasteiger partial charge is 0.476 e. The van der Waals surface area contributed by atoms with Gasteiger partial charge in [-0.3, -0.25) is 0 Å². The van der Waals surface area contributed by atoms with E-state index in [2.05, 4.69) is 0 Å². The Morgan fingerprint density at radius 1 is 1.17 bits per heavy atom. The normalized spacial score (nSPS) is 10.0. The van der Waals surface area contributed by atoms with Crippen molar-refractivity contribution in [3.63, 3.8) is 0 Å². The smallest absolute Gasteiger partial charge is 0.354 e. The van der Waals surface area contributed by atoms with E-state index in [-0.39, 0.29) is 5.95 Å². The van der Waals surface area contributed by atoms with Gasteiger partial charge in [0.05, 0.1) is 0 Å². The molecular formula is C9H8NO2+. The van der Waals surface area contributed by atoms with E-state index in [1.807, 2.05) is 30.3 Å². The Hall–Kier alpha value is -1.77.